The van der Waals surface area contributed by atoms with Crippen LogP contribution in [0.15, 0.2) is 65.7 Å². The van der Waals surface area contributed by atoms with Crippen LogP contribution >= 0.6 is 11.6 Å². The van der Waals surface area contributed by atoms with Gasteiger partial charge in [0.2, 0.25) is 16.0 Å². The standard InChI is InChI=1S/C22H23ClN4O2S/c1-26(2)22-24-15-19(16-8-6-9-17(23)14-16)21(25-22)20-12-7-13-27(20)30(28,29)18-10-4-3-5-11-18/h3-6,8-11,14-15,20H,7,12-13H2,1-2H3/t20-/m1/s1. The quantitative estimate of drug-likeness (QED) is 0.586. The number of sulfonamides is 1. The lowest BCUT2D eigenvalue weighted by atomic mass is 10.0. The first-order chi connectivity index (χ1) is 14.4. The van der Waals surface area contributed by atoms with Crippen LogP contribution in [0.3, 0.4) is 0 Å². The molecule has 4 rings (SSSR count). The molecule has 3 aromatic rings. The van der Waals surface area contributed by atoms with Gasteiger partial charge in [0.1, 0.15) is 0 Å². The molecule has 0 bridgehead atoms. The van der Waals surface area contributed by atoms with Gasteiger partial charge in [-0.3, -0.25) is 0 Å². The highest BCUT2D eigenvalue weighted by atomic mass is 35.5. The zero-order chi connectivity index (χ0) is 21.3. The first kappa shape index (κ1) is 20.8. The number of hydrogen-bond acceptors (Lipinski definition) is 5. The van der Waals surface area contributed by atoms with Crippen LogP contribution in [0.25, 0.3) is 11.1 Å². The average molecular weight is 443 g/mol. The third-order valence-electron chi connectivity index (χ3n) is 5.21. The lowest BCUT2D eigenvalue weighted by Gasteiger charge is -2.26. The molecule has 1 atom stereocenters. The minimum Gasteiger partial charge on any atom is -0.347 e. The van der Waals surface area contributed by atoms with Gasteiger partial charge in [-0.25, -0.2) is 18.4 Å². The van der Waals surface area contributed by atoms with Crippen molar-refractivity contribution in [3.05, 3.63) is 71.5 Å². The summed E-state index contributed by atoms with van der Waals surface area (Å²) in [6.45, 7) is 0.457. The molecule has 2 heterocycles. The minimum atomic E-state index is -3.64. The van der Waals surface area contributed by atoms with Crippen LogP contribution < -0.4 is 4.90 Å². The number of benzene rings is 2. The second-order valence-corrected chi connectivity index (χ2v) is 9.79. The van der Waals surface area contributed by atoms with Crippen LogP contribution in [0.1, 0.15) is 24.6 Å². The van der Waals surface area contributed by atoms with Gasteiger partial charge in [-0.1, -0.05) is 41.9 Å². The molecule has 2 aromatic carbocycles. The van der Waals surface area contributed by atoms with Crippen LogP contribution in [0.2, 0.25) is 5.02 Å². The van der Waals surface area contributed by atoms with Crippen molar-refractivity contribution in [3.63, 3.8) is 0 Å². The van der Waals surface area contributed by atoms with Crippen molar-refractivity contribution in [2.24, 2.45) is 0 Å². The Kier molecular flexibility index (Phi) is 5.77. The molecule has 30 heavy (non-hydrogen) atoms. The van der Waals surface area contributed by atoms with Crippen LogP contribution in [0, 0.1) is 0 Å². The summed E-state index contributed by atoms with van der Waals surface area (Å²) < 4.78 is 28.3. The summed E-state index contributed by atoms with van der Waals surface area (Å²) in [5.74, 6) is 0.541. The molecule has 0 saturated carbocycles. The van der Waals surface area contributed by atoms with E-state index in [4.69, 9.17) is 16.6 Å². The molecule has 156 valence electrons. The van der Waals surface area contributed by atoms with E-state index >= 15 is 0 Å². The SMILES string of the molecule is CN(C)c1ncc(-c2cccc(Cl)c2)c([C@H]2CCCN2S(=O)(=O)c2ccccc2)n1. The van der Waals surface area contributed by atoms with Gasteiger partial charge in [0.05, 0.1) is 16.6 Å². The lowest BCUT2D eigenvalue weighted by Crippen LogP contribution is -2.31. The third kappa shape index (κ3) is 3.93. The van der Waals surface area contributed by atoms with Crippen molar-refractivity contribution in [2.45, 2.75) is 23.8 Å². The lowest BCUT2D eigenvalue weighted by molar-refractivity contribution is 0.391. The maximum Gasteiger partial charge on any atom is 0.243 e. The molecule has 1 aliphatic heterocycles. The van der Waals surface area contributed by atoms with Crippen LogP contribution in [-0.2, 0) is 10.0 Å². The van der Waals surface area contributed by atoms with E-state index < -0.39 is 10.0 Å². The van der Waals surface area contributed by atoms with Crippen molar-refractivity contribution in [1.82, 2.24) is 14.3 Å². The minimum absolute atomic E-state index is 0.295. The molecule has 0 amide bonds. The molecule has 0 unspecified atom stereocenters. The Labute approximate surface area is 182 Å². The summed E-state index contributed by atoms with van der Waals surface area (Å²) in [4.78, 5) is 11.4. The van der Waals surface area contributed by atoms with E-state index in [0.717, 1.165) is 17.5 Å². The zero-order valence-electron chi connectivity index (χ0n) is 16.9. The van der Waals surface area contributed by atoms with E-state index in [1.165, 1.54) is 0 Å². The van der Waals surface area contributed by atoms with Crippen LogP contribution in [0.5, 0.6) is 0 Å². The van der Waals surface area contributed by atoms with Gasteiger partial charge in [-0.05, 0) is 42.7 Å². The summed E-state index contributed by atoms with van der Waals surface area (Å²) in [7, 11) is 0.0898. The second kappa shape index (κ2) is 8.34. The van der Waals surface area contributed by atoms with E-state index in [1.807, 2.05) is 49.3 Å². The number of nitrogens with zero attached hydrogens (tertiary/aromatic N) is 4. The highest BCUT2D eigenvalue weighted by molar-refractivity contribution is 7.89. The third-order valence-corrected chi connectivity index (χ3v) is 7.37. The van der Waals surface area contributed by atoms with Crippen molar-refractivity contribution in [3.8, 4) is 11.1 Å². The summed E-state index contributed by atoms with van der Waals surface area (Å²) in [5, 5.41) is 0.607. The smallest absolute Gasteiger partial charge is 0.243 e. The summed E-state index contributed by atoms with van der Waals surface area (Å²) in [6.07, 6.45) is 3.23. The number of aromatic nitrogens is 2. The van der Waals surface area contributed by atoms with Gasteiger partial charge in [-0.15, -0.1) is 0 Å². The fraction of sp³-hybridized carbons (Fsp3) is 0.273. The molecule has 1 aliphatic rings. The van der Waals surface area contributed by atoms with Crippen molar-refractivity contribution in [2.75, 3.05) is 25.5 Å². The Morgan fingerprint density at radius 1 is 1.10 bits per heavy atom. The summed E-state index contributed by atoms with van der Waals surface area (Å²) in [6, 6.07) is 15.7. The Balaban J connectivity index is 1.84. The largest absolute Gasteiger partial charge is 0.347 e. The molecular weight excluding hydrogens is 420 g/mol. The number of rotatable bonds is 5. The molecule has 8 heteroatoms. The predicted octanol–water partition coefficient (Wildman–Crippen LogP) is 4.39. The molecule has 1 saturated heterocycles. The summed E-state index contributed by atoms with van der Waals surface area (Å²) in [5.41, 5.74) is 2.36. The molecule has 1 fully saturated rings. The molecular formula is C22H23ClN4O2S. The number of hydrogen-bond donors (Lipinski definition) is 0. The second-order valence-electron chi connectivity index (χ2n) is 7.46. The topological polar surface area (TPSA) is 66.4 Å². The van der Waals surface area contributed by atoms with Gasteiger partial charge in [-0.2, -0.15) is 4.31 Å². The number of halogens is 1. The van der Waals surface area contributed by atoms with E-state index in [2.05, 4.69) is 4.98 Å². The first-order valence-electron chi connectivity index (χ1n) is 9.75. The monoisotopic (exact) mass is 442 g/mol. The van der Waals surface area contributed by atoms with Gasteiger partial charge in [0.15, 0.2) is 0 Å². The van der Waals surface area contributed by atoms with Crippen molar-refractivity contribution in [1.29, 1.82) is 0 Å². The van der Waals surface area contributed by atoms with Gasteiger partial charge >= 0.3 is 0 Å². The average Bonchev–Trinajstić information content (AvgIpc) is 3.24. The van der Waals surface area contributed by atoms with Gasteiger partial charge in [0.25, 0.3) is 0 Å². The highest BCUT2D eigenvalue weighted by Crippen LogP contribution is 2.40. The maximum absolute atomic E-state index is 13.4. The zero-order valence-corrected chi connectivity index (χ0v) is 18.4. The van der Waals surface area contributed by atoms with E-state index in [1.54, 1.807) is 34.8 Å². The molecule has 0 aliphatic carbocycles. The Bertz CT molecular complexity index is 1150. The molecule has 6 nitrogen and oxygen atoms in total. The number of anilines is 1. The van der Waals surface area contributed by atoms with Crippen molar-refractivity contribution >= 4 is 27.6 Å². The molecule has 0 spiro atoms. The normalized spacial score (nSPS) is 17.2. The van der Waals surface area contributed by atoms with Gasteiger partial charge in [0, 0.05) is 37.4 Å². The molecule has 1 aromatic heterocycles. The Morgan fingerprint density at radius 3 is 2.57 bits per heavy atom. The van der Waals surface area contributed by atoms with E-state index in [0.29, 0.717) is 34.5 Å². The Hall–Kier alpha value is -2.48. The van der Waals surface area contributed by atoms with E-state index in [-0.39, 0.29) is 6.04 Å². The fourth-order valence-electron chi connectivity index (χ4n) is 3.76. The fourth-order valence-corrected chi connectivity index (χ4v) is 5.63. The predicted molar refractivity (Wildman–Crippen MR) is 119 cm³/mol. The molecule has 0 N–H and O–H groups in total. The van der Waals surface area contributed by atoms with Crippen molar-refractivity contribution < 1.29 is 8.42 Å². The summed E-state index contributed by atoms with van der Waals surface area (Å²) >= 11 is 6.21. The van der Waals surface area contributed by atoms with E-state index in [9.17, 15) is 8.42 Å². The first-order valence-corrected chi connectivity index (χ1v) is 11.6. The Morgan fingerprint density at radius 2 is 1.87 bits per heavy atom. The maximum atomic E-state index is 13.4. The van der Waals surface area contributed by atoms with Crippen LogP contribution in [-0.4, -0.2) is 43.3 Å². The highest BCUT2D eigenvalue weighted by Gasteiger charge is 2.38. The molecule has 0 radical (unpaired) electrons. The van der Waals surface area contributed by atoms with Gasteiger partial charge < -0.3 is 4.90 Å². The van der Waals surface area contributed by atoms with Crippen LogP contribution in [0.4, 0.5) is 5.95 Å².